The van der Waals surface area contributed by atoms with Crippen LogP contribution in [0.3, 0.4) is 0 Å². The zero-order chi connectivity index (χ0) is 54.9. The number of ether oxygens (including phenoxy) is 2. The largest absolute Gasteiger partial charge is 2.00 e. The number of aliphatic imine (C=N–C) groups is 1. The number of anilines is 1. The van der Waals surface area contributed by atoms with Gasteiger partial charge in [-0.1, -0.05) is 103 Å². The number of aryl methyl sites for hydroxylation is 2. The van der Waals surface area contributed by atoms with Crippen LogP contribution in [0, 0.1) is 0 Å². The Bertz CT molecular complexity index is 3860. The van der Waals surface area contributed by atoms with E-state index in [0.29, 0.717) is 81.6 Å². The van der Waals surface area contributed by atoms with Gasteiger partial charge in [-0.3, -0.25) is 18.9 Å². The molecule has 8 aromatic carbocycles. The molecule has 0 saturated heterocycles. The van der Waals surface area contributed by atoms with Crippen molar-refractivity contribution in [1.82, 2.24) is 0 Å². The van der Waals surface area contributed by atoms with Crippen LogP contribution in [0.1, 0.15) is 54.7 Å². The van der Waals surface area contributed by atoms with Gasteiger partial charge < -0.3 is 30.1 Å². The maximum absolute atomic E-state index is 13.4. The van der Waals surface area contributed by atoms with E-state index in [1.807, 2.05) is 13.8 Å². The molecular weight excluding hydrogens is 1200 g/mol. The second-order valence-electron chi connectivity index (χ2n) is 16.3. The maximum atomic E-state index is 13.4. The summed E-state index contributed by atoms with van der Waals surface area (Å²) in [4.78, 5) is 16.4. The van der Waals surface area contributed by atoms with Crippen molar-refractivity contribution in [2.75, 3.05) is 18.5 Å². The number of rotatable bonds is 16. The summed E-state index contributed by atoms with van der Waals surface area (Å²) in [6.45, 7) is 8.14. The Hall–Kier alpha value is -6.41. The first-order valence-corrected chi connectivity index (χ1v) is 26.8. The first kappa shape index (κ1) is 59.8. The van der Waals surface area contributed by atoms with Gasteiger partial charge in [-0.25, -0.2) is 0 Å². The molecule has 1 amide bonds. The zero-order valence-corrected chi connectivity index (χ0v) is 49.1. The molecule has 0 radical (unpaired) electrons. The van der Waals surface area contributed by atoms with Gasteiger partial charge in [0, 0.05) is 28.6 Å². The molecule has 8 rings (SSSR count). The number of azo groups is 2. The number of hydrogen-bond donors (Lipinski definition) is 4. The average molecular weight is 1240 g/mol. The van der Waals surface area contributed by atoms with Gasteiger partial charge in [-0.15, -0.1) is 5.11 Å². The number of phenolic OH excluding ortho intramolecular Hbond substituents is 1. The molecule has 18 nitrogen and oxygen atoms in total. The van der Waals surface area contributed by atoms with E-state index in [2.05, 4.69) is 30.8 Å². The fourth-order valence-electron chi connectivity index (χ4n) is 7.70. The number of nitrogens with zero attached hydrogens (tertiary/aromatic N) is 5. The normalized spacial score (nSPS) is 11.9. The van der Waals surface area contributed by atoms with E-state index in [1.54, 1.807) is 117 Å². The first-order chi connectivity index (χ1) is 36.2. The summed E-state index contributed by atoms with van der Waals surface area (Å²) in [6, 6.07) is 35.4. The van der Waals surface area contributed by atoms with Gasteiger partial charge in [0.2, 0.25) is 0 Å². The van der Waals surface area contributed by atoms with Crippen LogP contribution in [0.25, 0.3) is 21.5 Å². The fourth-order valence-corrected chi connectivity index (χ4v) is 9.79. The van der Waals surface area contributed by atoms with Gasteiger partial charge in [0.05, 0.1) is 51.6 Å². The van der Waals surface area contributed by atoms with Crippen molar-refractivity contribution in [1.29, 1.82) is 0 Å². The van der Waals surface area contributed by atoms with E-state index in [0.717, 1.165) is 0 Å². The molecule has 4 N–H and O–H groups in total. The number of hydrogen-bond acceptors (Lipinski definition) is 15. The molecule has 0 unspecified atom stereocenters. The Kier molecular flexibility index (Phi) is 20.4. The third kappa shape index (κ3) is 14.6. The molecule has 0 bridgehead atoms. The van der Waals surface area contributed by atoms with Gasteiger partial charge in [0.15, 0.2) is 5.75 Å². The monoisotopic (exact) mass is 1240 g/mol. The number of halogens is 2. The third-order valence-electron chi connectivity index (χ3n) is 11.3. The minimum Gasteiger partial charge on any atom is -0.871 e. The molecule has 0 spiro atoms. The molecule has 77 heavy (non-hydrogen) atoms. The number of nitrogens with one attached hydrogen (secondary N) is 1. The summed E-state index contributed by atoms with van der Waals surface area (Å²) < 4.78 is 76.3. The van der Waals surface area contributed by atoms with Gasteiger partial charge in [0.25, 0.3) is 26.1 Å². The molecular formula is C54H46BaCl2N6O12S2. The van der Waals surface area contributed by atoms with Crippen LogP contribution in [-0.2, 0) is 33.1 Å². The molecule has 23 heteroatoms. The summed E-state index contributed by atoms with van der Waals surface area (Å²) in [7, 11) is -9.07. The zero-order valence-electron chi connectivity index (χ0n) is 41.6. The molecule has 0 aliphatic rings. The van der Waals surface area contributed by atoms with Crippen LogP contribution < -0.4 is 25.0 Å². The third-order valence-corrected chi connectivity index (χ3v) is 13.9. The quantitative estimate of drug-likeness (QED) is 0.0231. The summed E-state index contributed by atoms with van der Waals surface area (Å²) >= 11 is 12.1. The summed E-state index contributed by atoms with van der Waals surface area (Å²) in [6.07, 6.45) is 0.710. The van der Waals surface area contributed by atoms with Crippen LogP contribution in [0.15, 0.2) is 169 Å². The van der Waals surface area contributed by atoms with Gasteiger partial charge in [-0.05, 0) is 121 Å². The maximum Gasteiger partial charge on any atom is 2.00 e. The van der Waals surface area contributed by atoms with Crippen molar-refractivity contribution in [3.05, 3.63) is 166 Å². The van der Waals surface area contributed by atoms with Gasteiger partial charge in [-0.2, -0.15) is 32.2 Å². The number of fused-ring (bicyclic) bond motifs is 2. The van der Waals surface area contributed by atoms with Crippen LogP contribution in [0.5, 0.6) is 23.0 Å². The first-order valence-electron chi connectivity index (χ1n) is 23.2. The predicted molar refractivity (Wildman–Crippen MR) is 294 cm³/mol. The van der Waals surface area contributed by atoms with Crippen molar-refractivity contribution in [2.24, 2.45) is 25.4 Å². The minimum absolute atomic E-state index is 0. The van der Waals surface area contributed by atoms with E-state index in [1.165, 1.54) is 30.3 Å². The van der Waals surface area contributed by atoms with Crippen LogP contribution >= 0.6 is 23.2 Å². The molecule has 0 heterocycles. The van der Waals surface area contributed by atoms with E-state index in [4.69, 9.17) is 32.7 Å². The van der Waals surface area contributed by atoms with Crippen LogP contribution in [-0.4, -0.2) is 105 Å². The van der Waals surface area contributed by atoms with Crippen molar-refractivity contribution < 1.29 is 55.5 Å². The number of benzene rings is 8. The Labute approximate surface area is 493 Å². The second kappa shape index (κ2) is 26.3. The van der Waals surface area contributed by atoms with E-state index < -0.39 is 47.6 Å². The number of aromatic hydroxyl groups is 1. The average Bonchev–Trinajstić information content (AvgIpc) is 3.37. The van der Waals surface area contributed by atoms with E-state index in [9.17, 15) is 46.1 Å². The molecule has 0 saturated carbocycles. The Morgan fingerprint density at radius 1 is 0.610 bits per heavy atom. The minimum atomic E-state index is -4.54. The van der Waals surface area contributed by atoms with Crippen molar-refractivity contribution in [2.45, 2.75) is 50.3 Å². The number of carbonyl (C=O) groups is 1. The smallest absolute Gasteiger partial charge is 0.871 e. The Morgan fingerprint density at radius 3 is 1.61 bits per heavy atom. The molecule has 0 aliphatic heterocycles. The number of phenols is 1. The second-order valence-corrected chi connectivity index (χ2v) is 19.9. The van der Waals surface area contributed by atoms with Crippen LogP contribution in [0.4, 0.5) is 34.1 Å². The van der Waals surface area contributed by atoms with E-state index >= 15 is 0 Å². The van der Waals surface area contributed by atoms with Crippen LogP contribution in [0.2, 0.25) is 10.0 Å². The Balaban J connectivity index is 0.000000246. The summed E-state index contributed by atoms with van der Waals surface area (Å²) in [5.41, 5.74) is 1.92. The van der Waals surface area contributed by atoms with Crippen molar-refractivity contribution in [3.8, 4) is 23.0 Å². The standard InChI is InChI=1S/2C27H24ClN3O6S.Ba/c2*1-3-16-13-24(38(34,35)36)22(28)15-23(16)30-31-25-20-11-6-5-8-17(20)12-21(26(25)32)27(33)29-18-9-7-10-19(14-18)37-4-2;/h2*5-15,32H,3-4H2,1-2H3,(H,29,33)(H,34,35,36);/q;;+2/p-2. The van der Waals surface area contributed by atoms with E-state index in [-0.39, 0.29) is 98.6 Å². The van der Waals surface area contributed by atoms with Crippen molar-refractivity contribution in [3.63, 3.8) is 0 Å². The topological polar surface area (TPSA) is 284 Å². The number of amides is 1. The predicted octanol–water partition coefficient (Wildman–Crippen LogP) is 12.3. The molecule has 8 aromatic rings. The molecule has 0 aliphatic carbocycles. The van der Waals surface area contributed by atoms with Crippen molar-refractivity contribution >= 4 is 160 Å². The molecule has 392 valence electrons. The van der Waals surface area contributed by atoms with Gasteiger partial charge >= 0.3 is 48.9 Å². The SMILES string of the molecule is CCOc1cccc(N=C([O-])c2cc3ccccc3c(N=Nc3cc(Cl)c(S(=O)(=O)O)cc3CC)c2[O-])c1.CCOc1cccc(NC(=O)c2cc3ccccc3c(N=Nc3cc(Cl)c(S(=O)(=O)O)cc3CC)c2O)c1.[Ba+2]. The fraction of sp³-hybridized carbons (Fsp3) is 0.148. The molecule has 0 atom stereocenters. The summed E-state index contributed by atoms with van der Waals surface area (Å²) in [5.74, 6) is -1.23. The number of carbonyl (C=O) groups excluding carboxylic acids is 1. The summed E-state index contributed by atoms with van der Waals surface area (Å²) in [5, 5.41) is 58.9. The molecule has 0 fully saturated rings. The molecule has 0 aromatic heterocycles. The van der Waals surface area contributed by atoms with Gasteiger partial charge in [0.1, 0.15) is 27.0 Å². The Morgan fingerprint density at radius 2 is 1.09 bits per heavy atom.